The van der Waals surface area contributed by atoms with E-state index in [1.165, 1.54) is 29.2 Å². The van der Waals surface area contributed by atoms with Crippen LogP contribution in [0.25, 0.3) is 0 Å². The fourth-order valence-electron chi connectivity index (χ4n) is 8.37. The number of ketones is 2. The highest BCUT2D eigenvalue weighted by Crippen LogP contribution is 2.70. The van der Waals surface area contributed by atoms with Crippen LogP contribution in [0, 0.1) is 40.4 Å². The Hall–Kier alpha value is -3.17. The molecule has 0 aromatic heterocycles. The van der Waals surface area contributed by atoms with Crippen LogP contribution in [0.3, 0.4) is 0 Å². The number of ether oxygens (including phenoxy) is 1. The average molecular weight is 530 g/mol. The first-order valence-electron chi connectivity index (χ1n) is 14.2. The van der Waals surface area contributed by atoms with Gasteiger partial charge in [0.2, 0.25) is 0 Å². The molecular weight excluding hydrogens is 490 g/mol. The fraction of sp³-hybridized carbons (Fsp3) is 0.545. The van der Waals surface area contributed by atoms with Crippen molar-refractivity contribution in [3.8, 4) is 11.8 Å². The summed E-state index contributed by atoms with van der Waals surface area (Å²) in [5.74, 6) is 6.48. The number of carbonyl (C=O) groups excluding carboxylic acids is 3. The molecule has 6 atom stereocenters. The van der Waals surface area contributed by atoms with Gasteiger partial charge in [0.1, 0.15) is 6.61 Å². The molecule has 0 aliphatic heterocycles. The number of aliphatic hydroxyl groups is 1. The molecule has 6 nitrogen and oxygen atoms in total. The monoisotopic (exact) mass is 529 g/mol. The van der Waals surface area contributed by atoms with Gasteiger partial charge in [0.15, 0.2) is 18.2 Å². The lowest BCUT2D eigenvalue weighted by Crippen LogP contribution is -2.52. The van der Waals surface area contributed by atoms with E-state index in [0.29, 0.717) is 12.8 Å². The van der Waals surface area contributed by atoms with Crippen LogP contribution in [0.15, 0.2) is 47.1 Å². The van der Waals surface area contributed by atoms with Crippen molar-refractivity contribution in [2.45, 2.75) is 65.2 Å². The minimum Gasteiger partial charge on any atom is -0.458 e. The lowest BCUT2D eigenvalue weighted by atomic mass is 9.47. The van der Waals surface area contributed by atoms with Gasteiger partial charge >= 0.3 is 5.97 Å². The van der Waals surface area contributed by atoms with E-state index in [0.717, 1.165) is 31.4 Å². The standard InChI is InChI=1S/C33H39NO5/c1-20-16-27-29-12-14-33(13-5-15-35,30(38)19-39-21(2)36)32(29,3)18-28(22-6-8-23(34-4)9-7-22)31(27)25-11-10-24(37)17-26(20)25/h6-9,17,20,27-29,34-35H,10-12,14-16,18-19H2,1-4H3/t20?,27-,28+,29-,32-,33-/m0/s1. The van der Waals surface area contributed by atoms with Crippen molar-refractivity contribution in [2.24, 2.45) is 28.6 Å². The van der Waals surface area contributed by atoms with E-state index in [1.54, 1.807) is 0 Å². The highest BCUT2D eigenvalue weighted by molar-refractivity contribution is 5.93. The number of hydrogen-bond acceptors (Lipinski definition) is 6. The second-order valence-corrected chi connectivity index (χ2v) is 12.0. The maximum Gasteiger partial charge on any atom is 0.303 e. The number of aliphatic hydroxyl groups excluding tert-OH is 1. The van der Waals surface area contributed by atoms with Gasteiger partial charge in [-0.1, -0.05) is 43.4 Å². The molecule has 2 saturated carbocycles. The number of Topliss-reactive ketones (excluding diaryl/α,β-unsaturated/α-hetero) is 1. The van der Waals surface area contributed by atoms with Gasteiger partial charge in [-0.15, -0.1) is 0 Å². The zero-order chi connectivity index (χ0) is 27.9. The molecule has 4 aliphatic rings. The highest BCUT2D eigenvalue weighted by atomic mass is 16.5. The zero-order valence-corrected chi connectivity index (χ0v) is 23.4. The lowest BCUT2D eigenvalue weighted by molar-refractivity contribution is -0.150. The van der Waals surface area contributed by atoms with Gasteiger partial charge < -0.3 is 15.2 Å². The molecule has 2 N–H and O–H groups in total. The van der Waals surface area contributed by atoms with Crippen LogP contribution in [0.1, 0.15) is 70.8 Å². The Morgan fingerprint density at radius 2 is 1.95 bits per heavy atom. The number of esters is 1. The summed E-state index contributed by atoms with van der Waals surface area (Å²) in [5, 5.41) is 12.9. The zero-order valence-electron chi connectivity index (χ0n) is 23.4. The predicted octanol–water partition coefficient (Wildman–Crippen LogP) is 4.99. The number of fused-ring (bicyclic) bond motifs is 4. The van der Waals surface area contributed by atoms with Gasteiger partial charge in [0.05, 0.1) is 5.41 Å². The molecule has 0 spiro atoms. The molecule has 39 heavy (non-hydrogen) atoms. The van der Waals surface area contributed by atoms with Crippen LogP contribution < -0.4 is 5.32 Å². The van der Waals surface area contributed by atoms with E-state index in [-0.39, 0.29) is 48.5 Å². The molecule has 1 aromatic carbocycles. The van der Waals surface area contributed by atoms with Gasteiger partial charge in [-0.25, -0.2) is 0 Å². The summed E-state index contributed by atoms with van der Waals surface area (Å²) < 4.78 is 5.21. The molecule has 0 saturated heterocycles. The number of anilines is 1. The van der Waals surface area contributed by atoms with Crippen molar-refractivity contribution >= 4 is 23.2 Å². The van der Waals surface area contributed by atoms with E-state index in [4.69, 9.17) is 4.74 Å². The number of allylic oxidation sites excluding steroid dienone is 4. The van der Waals surface area contributed by atoms with E-state index in [1.807, 2.05) is 13.1 Å². The van der Waals surface area contributed by atoms with E-state index < -0.39 is 16.8 Å². The maximum atomic E-state index is 13.9. The largest absolute Gasteiger partial charge is 0.458 e. The van der Waals surface area contributed by atoms with Crippen molar-refractivity contribution in [1.29, 1.82) is 0 Å². The first-order valence-corrected chi connectivity index (χ1v) is 14.2. The third-order valence-corrected chi connectivity index (χ3v) is 10.2. The second kappa shape index (κ2) is 10.4. The third-order valence-electron chi connectivity index (χ3n) is 10.2. The van der Waals surface area contributed by atoms with Crippen LogP contribution in [0.4, 0.5) is 5.69 Å². The molecule has 1 aromatic rings. The Morgan fingerprint density at radius 1 is 1.21 bits per heavy atom. The first-order chi connectivity index (χ1) is 18.6. The predicted molar refractivity (Wildman–Crippen MR) is 150 cm³/mol. The molecule has 4 aliphatic carbocycles. The van der Waals surface area contributed by atoms with Crippen molar-refractivity contribution in [3.05, 3.63) is 52.6 Å². The molecule has 2 fully saturated rings. The van der Waals surface area contributed by atoms with Crippen molar-refractivity contribution in [1.82, 2.24) is 0 Å². The first kappa shape index (κ1) is 27.4. The van der Waals surface area contributed by atoms with Crippen LogP contribution in [-0.2, 0) is 19.1 Å². The minimum absolute atomic E-state index is 0.0798. The van der Waals surface area contributed by atoms with Gasteiger partial charge in [-0.05, 0) is 90.2 Å². The molecule has 6 heteroatoms. The summed E-state index contributed by atoms with van der Waals surface area (Å²) in [6, 6.07) is 8.54. The Balaban J connectivity index is 1.69. The van der Waals surface area contributed by atoms with Gasteiger partial charge in [-0.2, -0.15) is 0 Å². The Bertz CT molecular complexity index is 1310. The van der Waals surface area contributed by atoms with Crippen LogP contribution >= 0.6 is 0 Å². The molecule has 0 amide bonds. The Morgan fingerprint density at radius 3 is 2.62 bits per heavy atom. The second-order valence-electron chi connectivity index (χ2n) is 12.0. The molecular formula is C33H39NO5. The number of rotatable bonds is 5. The van der Waals surface area contributed by atoms with Crippen molar-refractivity contribution in [2.75, 3.05) is 25.6 Å². The van der Waals surface area contributed by atoms with Crippen LogP contribution in [-0.4, -0.2) is 42.9 Å². The summed E-state index contributed by atoms with van der Waals surface area (Å²) in [5.41, 5.74) is 4.77. The average Bonchev–Trinajstić information content (AvgIpc) is 3.23. The maximum absolute atomic E-state index is 13.9. The molecule has 0 bridgehead atoms. The third kappa shape index (κ3) is 4.45. The molecule has 0 heterocycles. The van der Waals surface area contributed by atoms with Crippen molar-refractivity contribution < 1.29 is 24.2 Å². The Labute approximate surface area is 231 Å². The summed E-state index contributed by atoms with van der Waals surface area (Å²) in [4.78, 5) is 38.0. The van der Waals surface area contributed by atoms with E-state index >= 15 is 0 Å². The summed E-state index contributed by atoms with van der Waals surface area (Å²) in [7, 11) is 1.90. The summed E-state index contributed by atoms with van der Waals surface area (Å²) in [6.07, 6.45) is 6.30. The molecule has 0 radical (unpaired) electrons. The minimum atomic E-state index is -1.00. The topological polar surface area (TPSA) is 92.7 Å². The van der Waals surface area contributed by atoms with Crippen LogP contribution in [0.5, 0.6) is 0 Å². The molecule has 5 rings (SSSR count). The Kier molecular flexibility index (Phi) is 7.33. The fourth-order valence-corrected chi connectivity index (χ4v) is 8.37. The van der Waals surface area contributed by atoms with Gasteiger partial charge in [-0.3, -0.25) is 14.4 Å². The molecule has 206 valence electrons. The number of nitrogens with one attached hydrogen (secondary N) is 1. The summed E-state index contributed by atoms with van der Waals surface area (Å²) in [6.45, 7) is 5.12. The number of benzene rings is 1. The van der Waals surface area contributed by atoms with Gasteiger partial charge in [0.25, 0.3) is 0 Å². The van der Waals surface area contributed by atoms with Crippen LogP contribution in [0.2, 0.25) is 0 Å². The number of hydrogen-bond donors (Lipinski definition) is 2. The number of carbonyl (C=O) groups is 3. The lowest BCUT2D eigenvalue weighted by Gasteiger charge is -2.55. The van der Waals surface area contributed by atoms with Gasteiger partial charge in [0, 0.05) is 32.0 Å². The normalized spacial score (nSPS) is 33.2. The highest BCUT2D eigenvalue weighted by Gasteiger charge is 2.65. The molecule has 1 unspecified atom stereocenters. The smallest absolute Gasteiger partial charge is 0.303 e. The quantitative estimate of drug-likeness (QED) is 0.413. The van der Waals surface area contributed by atoms with E-state index in [2.05, 4.69) is 55.3 Å². The van der Waals surface area contributed by atoms with E-state index in [9.17, 15) is 19.5 Å². The SMILES string of the molecule is CNc1ccc([C@H]2C[C@@]3(C)[C@@H](CC[C@@]3(C#CCO)C(=O)COC(C)=O)[C@@H]3CC(C)C4=CC(=O)CCC4=C32)cc1. The van der Waals surface area contributed by atoms with Crippen molar-refractivity contribution in [3.63, 3.8) is 0 Å². The summed E-state index contributed by atoms with van der Waals surface area (Å²) >= 11 is 0.